The van der Waals surface area contributed by atoms with Gasteiger partial charge in [-0.15, -0.1) is 0 Å². The normalized spacial score (nSPS) is 17.7. The summed E-state index contributed by atoms with van der Waals surface area (Å²) in [7, 11) is 1.50. The van der Waals surface area contributed by atoms with E-state index in [-0.39, 0.29) is 19.1 Å². The first-order chi connectivity index (χ1) is 11.0. The van der Waals surface area contributed by atoms with Gasteiger partial charge in [-0.2, -0.15) is 0 Å². The largest absolute Gasteiger partial charge is 0.480 e. The van der Waals surface area contributed by atoms with E-state index in [1.165, 1.54) is 16.8 Å². The molecule has 1 heterocycles. The van der Waals surface area contributed by atoms with Crippen molar-refractivity contribution in [2.24, 2.45) is 0 Å². The molecule has 1 N–H and O–H groups in total. The molecule has 2 amide bonds. The molecule has 2 rings (SSSR count). The van der Waals surface area contributed by atoms with Gasteiger partial charge in [-0.3, -0.25) is 14.5 Å². The molecule has 0 unspecified atom stereocenters. The molecule has 1 aliphatic heterocycles. The van der Waals surface area contributed by atoms with Crippen LogP contribution in [0.1, 0.15) is 18.4 Å². The Morgan fingerprint density at radius 1 is 1.35 bits per heavy atom. The lowest BCUT2D eigenvalue weighted by Crippen LogP contribution is -2.53. The summed E-state index contributed by atoms with van der Waals surface area (Å²) in [5.74, 6) is -1.41. The first-order valence-corrected chi connectivity index (χ1v) is 7.43. The third kappa shape index (κ3) is 4.45. The van der Waals surface area contributed by atoms with Crippen LogP contribution in [0.2, 0.25) is 0 Å². The van der Waals surface area contributed by atoms with Gasteiger partial charge in [0.1, 0.15) is 19.2 Å². The minimum absolute atomic E-state index is 0.129. The molecule has 1 atom stereocenters. The number of nitrogens with zero attached hydrogens (tertiary/aromatic N) is 2. The SMILES string of the molecule is CN(C(=O)OCc1ccccc1)[C@H]1CCCN(CC(=O)O)C1=O. The summed E-state index contributed by atoms with van der Waals surface area (Å²) in [6, 6.07) is 8.57. The number of hydrogen-bond acceptors (Lipinski definition) is 4. The van der Waals surface area contributed by atoms with E-state index in [2.05, 4.69) is 0 Å². The maximum Gasteiger partial charge on any atom is 0.410 e. The highest BCUT2D eigenvalue weighted by Crippen LogP contribution is 2.17. The van der Waals surface area contributed by atoms with Crippen LogP contribution < -0.4 is 0 Å². The van der Waals surface area contributed by atoms with Gasteiger partial charge in [-0.25, -0.2) is 4.79 Å². The Bertz CT molecular complexity index is 575. The second-order valence-corrected chi connectivity index (χ2v) is 5.46. The number of carboxylic acids is 1. The molecular weight excluding hydrogens is 300 g/mol. The van der Waals surface area contributed by atoms with Crippen molar-refractivity contribution >= 4 is 18.0 Å². The summed E-state index contributed by atoms with van der Waals surface area (Å²) in [6.45, 7) is 0.181. The molecule has 7 heteroatoms. The predicted octanol–water partition coefficient (Wildman–Crippen LogP) is 1.33. The lowest BCUT2D eigenvalue weighted by Gasteiger charge is -2.35. The second-order valence-electron chi connectivity index (χ2n) is 5.46. The highest BCUT2D eigenvalue weighted by molar-refractivity contribution is 5.88. The average Bonchev–Trinajstić information content (AvgIpc) is 2.54. The van der Waals surface area contributed by atoms with E-state index in [0.717, 1.165) is 5.56 Å². The van der Waals surface area contributed by atoms with E-state index in [9.17, 15) is 14.4 Å². The molecule has 0 saturated carbocycles. The van der Waals surface area contributed by atoms with Crippen molar-refractivity contribution in [1.82, 2.24) is 9.80 Å². The Morgan fingerprint density at radius 3 is 2.70 bits per heavy atom. The van der Waals surface area contributed by atoms with Crippen molar-refractivity contribution in [3.8, 4) is 0 Å². The molecule has 7 nitrogen and oxygen atoms in total. The van der Waals surface area contributed by atoms with Crippen molar-refractivity contribution in [2.45, 2.75) is 25.5 Å². The average molecular weight is 320 g/mol. The van der Waals surface area contributed by atoms with Gasteiger partial charge in [-0.05, 0) is 18.4 Å². The number of carboxylic acid groups (broad SMARTS) is 1. The maximum atomic E-state index is 12.3. The third-order valence-corrected chi connectivity index (χ3v) is 3.79. The molecule has 1 saturated heterocycles. The van der Waals surface area contributed by atoms with Gasteiger partial charge in [0.25, 0.3) is 0 Å². The van der Waals surface area contributed by atoms with Gasteiger partial charge in [0.05, 0.1) is 0 Å². The summed E-state index contributed by atoms with van der Waals surface area (Å²) >= 11 is 0. The molecule has 0 aliphatic carbocycles. The zero-order valence-electron chi connectivity index (χ0n) is 13.0. The van der Waals surface area contributed by atoms with Crippen molar-refractivity contribution in [3.05, 3.63) is 35.9 Å². The van der Waals surface area contributed by atoms with Crippen LogP contribution in [0.25, 0.3) is 0 Å². The fourth-order valence-corrected chi connectivity index (χ4v) is 2.55. The quantitative estimate of drug-likeness (QED) is 0.884. The van der Waals surface area contributed by atoms with Crippen LogP contribution >= 0.6 is 0 Å². The molecule has 124 valence electrons. The van der Waals surface area contributed by atoms with Gasteiger partial charge < -0.3 is 14.7 Å². The summed E-state index contributed by atoms with van der Waals surface area (Å²) in [4.78, 5) is 37.7. The Balaban J connectivity index is 1.92. The molecule has 0 bridgehead atoms. The third-order valence-electron chi connectivity index (χ3n) is 3.79. The number of carbonyl (C=O) groups excluding carboxylic acids is 2. The zero-order valence-corrected chi connectivity index (χ0v) is 13.0. The summed E-state index contributed by atoms with van der Waals surface area (Å²) < 4.78 is 5.21. The smallest absolute Gasteiger partial charge is 0.410 e. The monoisotopic (exact) mass is 320 g/mol. The lowest BCUT2D eigenvalue weighted by molar-refractivity contribution is -0.148. The minimum atomic E-state index is -1.06. The first kappa shape index (κ1) is 16.8. The van der Waals surface area contributed by atoms with Crippen LogP contribution in [-0.2, 0) is 20.9 Å². The number of piperidine rings is 1. The standard InChI is InChI=1S/C16H20N2O5/c1-17(16(22)23-11-12-6-3-2-4-7-12)13-8-5-9-18(15(13)21)10-14(19)20/h2-4,6-7,13H,5,8-11H2,1H3,(H,19,20)/t13-/m0/s1. The van der Waals surface area contributed by atoms with Gasteiger partial charge in [0.2, 0.25) is 5.91 Å². The number of amides is 2. The van der Waals surface area contributed by atoms with Gasteiger partial charge in [-0.1, -0.05) is 30.3 Å². The van der Waals surface area contributed by atoms with Gasteiger partial charge in [0.15, 0.2) is 0 Å². The molecular formula is C16H20N2O5. The minimum Gasteiger partial charge on any atom is -0.480 e. The number of likely N-dealkylation sites (tertiary alicyclic amines) is 1. The number of benzene rings is 1. The van der Waals surface area contributed by atoms with Gasteiger partial charge in [0, 0.05) is 13.6 Å². The fourth-order valence-electron chi connectivity index (χ4n) is 2.55. The van der Waals surface area contributed by atoms with E-state index in [4.69, 9.17) is 9.84 Å². The summed E-state index contributed by atoms with van der Waals surface area (Å²) in [5.41, 5.74) is 0.858. The van der Waals surface area contributed by atoms with Crippen molar-refractivity contribution in [3.63, 3.8) is 0 Å². The Hall–Kier alpha value is -2.57. The maximum absolute atomic E-state index is 12.3. The van der Waals surface area contributed by atoms with Crippen molar-refractivity contribution < 1.29 is 24.2 Å². The number of carbonyl (C=O) groups is 3. The van der Waals surface area contributed by atoms with Crippen LogP contribution in [0.4, 0.5) is 4.79 Å². The Morgan fingerprint density at radius 2 is 2.04 bits per heavy atom. The highest BCUT2D eigenvalue weighted by Gasteiger charge is 2.35. The number of aliphatic carboxylic acids is 1. The molecule has 1 aromatic rings. The molecule has 23 heavy (non-hydrogen) atoms. The molecule has 0 aromatic heterocycles. The van der Waals surface area contributed by atoms with Crippen molar-refractivity contribution in [1.29, 1.82) is 0 Å². The van der Waals surface area contributed by atoms with E-state index < -0.39 is 18.1 Å². The summed E-state index contributed by atoms with van der Waals surface area (Å²) in [5, 5.41) is 8.83. The van der Waals surface area contributed by atoms with Crippen LogP contribution in [0, 0.1) is 0 Å². The molecule has 1 aliphatic rings. The van der Waals surface area contributed by atoms with Crippen molar-refractivity contribution in [2.75, 3.05) is 20.1 Å². The van der Waals surface area contributed by atoms with Crippen LogP contribution in [-0.4, -0.2) is 59.1 Å². The fraction of sp³-hybridized carbons (Fsp3) is 0.438. The number of ether oxygens (including phenoxy) is 1. The number of hydrogen-bond donors (Lipinski definition) is 1. The van der Waals surface area contributed by atoms with Crippen LogP contribution in [0.5, 0.6) is 0 Å². The van der Waals surface area contributed by atoms with E-state index in [1.54, 1.807) is 0 Å². The highest BCUT2D eigenvalue weighted by atomic mass is 16.6. The Kier molecular flexibility index (Phi) is 5.56. The van der Waals surface area contributed by atoms with E-state index >= 15 is 0 Å². The molecule has 1 fully saturated rings. The lowest BCUT2D eigenvalue weighted by atomic mass is 10.0. The van der Waals surface area contributed by atoms with Crippen LogP contribution in [0.3, 0.4) is 0 Å². The Labute approximate surface area is 134 Å². The van der Waals surface area contributed by atoms with E-state index in [1.807, 2.05) is 30.3 Å². The number of likely N-dealkylation sites (N-methyl/N-ethyl adjacent to an activating group) is 1. The first-order valence-electron chi connectivity index (χ1n) is 7.43. The second kappa shape index (κ2) is 7.62. The zero-order chi connectivity index (χ0) is 16.8. The molecule has 1 aromatic carbocycles. The predicted molar refractivity (Wildman–Crippen MR) is 81.6 cm³/mol. The van der Waals surface area contributed by atoms with E-state index in [0.29, 0.717) is 19.4 Å². The molecule has 0 radical (unpaired) electrons. The number of rotatable bonds is 5. The summed E-state index contributed by atoms with van der Waals surface area (Å²) in [6.07, 6.45) is 0.565. The molecule has 0 spiro atoms. The van der Waals surface area contributed by atoms with Crippen LogP contribution in [0.15, 0.2) is 30.3 Å². The topological polar surface area (TPSA) is 87.2 Å². The van der Waals surface area contributed by atoms with Gasteiger partial charge >= 0.3 is 12.1 Å².